The molecule has 0 bridgehead atoms. The highest BCUT2D eigenvalue weighted by Gasteiger charge is 2.26. The summed E-state index contributed by atoms with van der Waals surface area (Å²) < 4.78 is 0. The fourth-order valence-corrected chi connectivity index (χ4v) is 4.14. The summed E-state index contributed by atoms with van der Waals surface area (Å²) in [6, 6.07) is 4.39. The monoisotopic (exact) mass is 406 g/mol. The Hall–Kier alpha value is -2.39. The van der Waals surface area contributed by atoms with Gasteiger partial charge in [-0.15, -0.1) is 0 Å². The lowest BCUT2D eigenvalue weighted by atomic mass is 9.94. The fraction of sp³-hybridized carbons (Fsp3) is 0.444. The van der Waals surface area contributed by atoms with Gasteiger partial charge < -0.3 is 0 Å². The fourth-order valence-electron chi connectivity index (χ4n) is 4.14. The average molecular weight is 407 g/mol. The number of hydrogen-bond donors (Lipinski definition) is 0. The second-order valence-electron chi connectivity index (χ2n) is 8.23. The van der Waals surface area contributed by atoms with E-state index in [0.29, 0.717) is 0 Å². The van der Waals surface area contributed by atoms with E-state index < -0.39 is 0 Å². The van der Waals surface area contributed by atoms with E-state index in [1.165, 1.54) is 16.7 Å². The molecule has 0 aliphatic carbocycles. The second-order valence-corrected chi connectivity index (χ2v) is 8.23. The number of hydrogen-bond acceptors (Lipinski definition) is 2. The number of carbonyl (C=O) groups excluding carboxylic acids is 1. The highest BCUT2D eigenvalue weighted by molar-refractivity contribution is 6.01. The van der Waals surface area contributed by atoms with E-state index in [4.69, 9.17) is 0 Å². The van der Waals surface area contributed by atoms with E-state index in [1.807, 2.05) is 24.8 Å². The molecule has 2 rings (SSSR count). The molecule has 0 aromatic heterocycles. The summed E-state index contributed by atoms with van der Waals surface area (Å²) in [5.74, 6) is 0.0382. The molecule has 3 nitrogen and oxygen atoms in total. The van der Waals surface area contributed by atoms with Gasteiger partial charge in [-0.25, -0.2) is 0 Å². The summed E-state index contributed by atoms with van der Waals surface area (Å²) in [7, 11) is 0. The third-order valence-corrected chi connectivity index (χ3v) is 5.57. The standard InChI is InChI=1S/C27H38N2O/c1-8-15-28(16-9-2)17-14-24-12-11-13-25(29(24)27(30)21(5)10-3)26-22(6)18-20(4)19-23(26)7/h10-14,18-19H,8-9,15-17H2,1-7H3/b21-10-,24-14+. The minimum atomic E-state index is 0.0382. The molecular formula is C27H38N2O. The molecule has 0 saturated heterocycles. The molecule has 1 aliphatic heterocycles. The third-order valence-electron chi connectivity index (χ3n) is 5.57. The summed E-state index contributed by atoms with van der Waals surface area (Å²) in [5, 5.41) is 0. The molecule has 0 spiro atoms. The number of benzene rings is 1. The van der Waals surface area contributed by atoms with Crippen molar-refractivity contribution in [3.63, 3.8) is 0 Å². The average Bonchev–Trinajstić information content (AvgIpc) is 2.70. The van der Waals surface area contributed by atoms with Crippen LogP contribution in [-0.4, -0.2) is 35.3 Å². The Bertz CT molecular complexity index is 857. The van der Waals surface area contributed by atoms with Crippen LogP contribution in [-0.2, 0) is 4.79 Å². The minimum absolute atomic E-state index is 0.0382. The lowest BCUT2D eigenvalue weighted by molar-refractivity contribution is -0.122. The van der Waals surface area contributed by atoms with E-state index >= 15 is 0 Å². The van der Waals surface area contributed by atoms with Gasteiger partial charge in [-0.05, 0) is 89.9 Å². The Morgan fingerprint density at radius 2 is 1.67 bits per heavy atom. The van der Waals surface area contributed by atoms with E-state index in [0.717, 1.165) is 55.0 Å². The van der Waals surface area contributed by atoms with Crippen molar-refractivity contribution >= 4 is 11.6 Å². The van der Waals surface area contributed by atoms with Crippen LogP contribution in [0.25, 0.3) is 5.70 Å². The Morgan fingerprint density at radius 1 is 1.07 bits per heavy atom. The van der Waals surface area contributed by atoms with Gasteiger partial charge in [-0.1, -0.05) is 43.7 Å². The lowest BCUT2D eigenvalue weighted by Gasteiger charge is -2.31. The quantitative estimate of drug-likeness (QED) is 0.471. The molecule has 1 amide bonds. The van der Waals surface area contributed by atoms with Crippen LogP contribution in [0, 0.1) is 20.8 Å². The van der Waals surface area contributed by atoms with Crippen molar-refractivity contribution in [1.82, 2.24) is 9.80 Å². The molecule has 0 atom stereocenters. The van der Waals surface area contributed by atoms with Gasteiger partial charge in [0.2, 0.25) is 0 Å². The molecule has 3 heteroatoms. The minimum Gasteiger partial charge on any atom is -0.300 e. The zero-order valence-electron chi connectivity index (χ0n) is 19.9. The molecule has 30 heavy (non-hydrogen) atoms. The maximum atomic E-state index is 13.4. The molecular weight excluding hydrogens is 368 g/mol. The Labute approximate surface area is 183 Å². The van der Waals surface area contributed by atoms with Crippen LogP contribution in [0.3, 0.4) is 0 Å². The number of carbonyl (C=O) groups is 1. The van der Waals surface area contributed by atoms with Gasteiger partial charge in [0, 0.05) is 23.4 Å². The van der Waals surface area contributed by atoms with Gasteiger partial charge in [-0.2, -0.15) is 0 Å². The maximum absolute atomic E-state index is 13.4. The van der Waals surface area contributed by atoms with Crippen molar-refractivity contribution in [2.75, 3.05) is 19.6 Å². The van der Waals surface area contributed by atoms with Gasteiger partial charge in [0.1, 0.15) is 0 Å². The van der Waals surface area contributed by atoms with Crippen molar-refractivity contribution < 1.29 is 4.79 Å². The predicted octanol–water partition coefficient (Wildman–Crippen LogP) is 6.32. The topological polar surface area (TPSA) is 23.6 Å². The van der Waals surface area contributed by atoms with Crippen LogP contribution < -0.4 is 0 Å². The lowest BCUT2D eigenvalue weighted by Crippen LogP contribution is -2.32. The first kappa shape index (κ1) is 23.9. The van der Waals surface area contributed by atoms with Crippen molar-refractivity contribution in [2.45, 2.75) is 61.3 Å². The van der Waals surface area contributed by atoms with Crippen molar-refractivity contribution in [3.05, 3.63) is 76.0 Å². The Kier molecular flexibility index (Phi) is 8.86. The SMILES string of the molecule is C/C=C(/C)C(=O)N1C(c2c(C)cc(C)cc2C)=CC=C/C1=C\CN(CCC)CCC. The molecule has 1 aliphatic rings. The number of aryl methyl sites for hydroxylation is 3. The summed E-state index contributed by atoms with van der Waals surface area (Å²) in [4.78, 5) is 17.8. The normalized spacial score (nSPS) is 15.9. The van der Waals surface area contributed by atoms with Crippen LogP contribution in [0.1, 0.15) is 62.8 Å². The van der Waals surface area contributed by atoms with Gasteiger partial charge in [0.25, 0.3) is 5.91 Å². The Morgan fingerprint density at radius 3 is 2.20 bits per heavy atom. The van der Waals surface area contributed by atoms with E-state index in [-0.39, 0.29) is 5.91 Å². The molecule has 0 fully saturated rings. The highest BCUT2D eigenvalue weighted by Crippen LogP contribution is 2.33. The molecule has 0 radical (unpaired) electrons. The molecule has 1 aromatic rings. The summed E-state index contributed by atoms with van der Waals surface area (Å²) in [6.45, 7) is 17.6. The Balaban J connectivity index is 2.53. The summed E-state index contributed by atoms with van der Waals surface area (Å²) in [5.41, 5.74) is 7.45. The number of nitrogens with zero attached hydrogens (tertiary/aromatic N) is 2. The van der Waals surface area contributed by atoms with Crippen LogP contribution >= 0.6 is 0 Å². The number of amides is 1. The maximum Gasteiger partial charge on any atom is 0.258 e. The first-order valence-electron chi connectivity index (χ1n) is 11.2. The molecule has 1 aromatic carbocycles. The second kappa shape index (κ2) is 11.1. The van der Waals surface area contributed by atoms with Gasteiger partial charge in [0.05, 0.1) is 5.70 Å². The van der Waals surface area contributed by atoms with Crippen molar-refractivity contribution in [2.24, 2.45) is 0 Å². The van der Waals surface area contributed by atoms with Crippen LogP contribution in [0.15, 0.2) is 53.8 Å². The largest absolute Gasteiger partial charge is 0.300 e. The molecule has 162 valence electrons. The summed E-state index contributed by atoms with van der Waals surface area (Å²) in [6.07, 6.45) is 12.6. The molecule has 1 heterocycles. The van der Waals surface area contributed by atoms with E-state index in [2.05, 4.69) is 76.0 Å². The first-order chi connectivity index (χ1) is 14.3. The van der Waals surface area contributed by atoms with Crippen molar-refractivity contribution in [3.8, 4) is 0 Å². The van der Waals surface area contributed by atoms with E-state index in [9.17, 15) is 4.79 Å². The van der Waals surface area contributed by atoms with Crippen LogP contribution in [0.5, 0.6) is 0 Å². The predicted molar refractivity (Wildman–Crippen MR) is 129 cm³/mol. The van der Waals surface area contributed by atoms with Gasteiger partial charge >= 0.3 is 0 Å². The van der Waals surface area contributed by atoms with Gasteiger partial charge in [-0.3, -0.25) is 14.6 Å². The summed E-state index contributed by atoms with van der Waals surface area (Å²) >= 11 is 0. The third kappa shape index (κ3) is 5.60. The molecule has 0 saturated carbocycles. The number of rotatable bonds is 8. The first-order valence-corrected chi connectivity index (χ1v) is 11.2. The van der Waals surface area contributed by atoms with Gasteiger partial charge in [0.15, 0.2) is 0 Å². The molecule has 0 N–H and O–H groups in total. The van der Waals surface area contributed by atoms with Crippen molar-refractivity contribution in [1.29, 1.82) is 0 Å². The smallest absolute Gasteiger partial charge is 0.258 e. The van der Waals surface area contributed by atoms with Crippen LogP contribution in [0.4, 0.5) is 0 Å². The zero-order valence-corrected chi connectivity index (χ0v) is 19.9. The highest BCUT2D eigenvalue weighted by atomic mass is 16.2. The number of allylic oxidation sites excluding steroid dienone is 4. The van der Waals surface area contributed by atoms with E-state index in [1.54, 1.807) is 0 Å². The molecule has 0 unspecified atom stereocenters. The zero-order chi connectivity index (χ0) is 22.3. The van der Waals surface area contributed by atoms with Crippen LogP contribution in [0.2, 0.25) is 0 Å².